The third-order valence-corrected chi connectivity index (χ3v) is 6.98. The fourth-order valence-corrected chi connectivity index (χ4v) is 5.22. The second-order valence-electron chi connectivity index (χ2n) is 7.02. The van der Waals surface area contributed by atoms with E-state index in [-0.39, 0.29) is 24.0 Å². The summed E-state index contributed by atoms with van der Waals surface area (Å²) in [5.41, 5.74) is 1.08. The second kappa shape index (κ2) is 10.6. The first-order valence-electron chi connectivity index (χ1n) is 9.59. The molecule has 148 valence electrons. The van der Waals surface area contributed by atoms with Gasteiger partial charge < -0.3 is 15.2 Å². The van der Waals surface area contributed by atoms with Crippen LogP contribution in [-0.2, 0) is 30.3 Å². The van der Waals surface area contributed by atoms with E-state index in [1.807, 2.05) is 6.92 Å². The Balaban J connectivity index is 0.00000243. The zero-order valence-electron chi connectivity index (χ0n) is 15.9. The van der Waals surface area contributed by atoms with Crippen molar-refractivity contribution in [2.45, 2.75) is 76.3 Å². The molecule has 1 aromatic rings. The summed E-state index contributed by atoms with van der Waals surface area (Å²) in [6.45, 7) is 3.79. The molecule has 0 amide bonds. The van der Waals surface area contributed by atoms with Crippen LogP contribution in [0.25, 0.3) is 0 Å². The topological polar surface area (TPSA) is 71.3 Å². The van der Waals surface area contributed by atoms with Crippen molar-refractivity contribution in [3.8, 4) is 0 Å². The van der Waals surface area contributed by atoms with Crippen LogP contribution in [0.5, 0.6) is 0 Å². The van der Waals surface area contributed by atoms with Crippen molar-refractivity contribution in [1.29, 1.82) is 0 Å². The summed E-state index contributed by atoms with van der Waals surface area (Å²) in [7, 11) is 1.11. The lowest BCUT2D eigenvalue weighted by atomic mass is 9.95. The van der Waals surface area contributed by atoms with Gasteiger partial charge in [0, 0.05) is 54.1 Å². The molecule has 0 spiro atoms. The van der Waals surface area contributed by atoms with Crippen LogP contribution >= 0.6 is 24.0 Å². The fourth-order valence-electron chi connectivity index (χ4n) is 3.87. The molecule has 2 N–H and O–H groups in total. The Morgan fingerprint density at radius 2 is 2.23 bits per heavy atom. The number of imidazole rings is 1. The summed E-state index contributed by atoms with van der Waals surface area (Å²) < 4.78 is 14.4. The van der Waals surface area contributed by atoms with Crippen LogP contribution in [0.2, 0.25) is 0 Å². The van der Waals surface area contributed by atoms with E-state index in [1.54, 1.807) is 7.05 Å². The van der Waals surface area contributed by atoms with Gasteiger partial charge in [-0.3, -0.25) is 9.20 Å². The Kier molecular flexibility index (Phi) is 8.86. The summed E-state index contributed by atoms with van der Waals surface area (Å²) >= 11 is 0. The zero-order chi connectivity index (χ0) is 17.6. The Labute approximate surface area is 176 Å². The van der Waals surface area contributed by atoms with E-state index < -0.39 is 10.8 Å². The molecule has 6 nitrogen and oxygen atoms in total. The van der Waals surface area contributed by atoms with E-state index in [0.29, 0.717) is 17.8 Å². The van der Waals surface area contributed by atoms with E-state index in [0.717, 1.165) is 56.1 Å². The molecule has 1 aliphatic heterocycles. The number of aromatic nitrogens is 2. The smallest absolute Gasteiger partial charge is 0.191 e. The van der Waals surface area contributed by atoms with Gasteiger partial charge in [0.05, 0.1) is 12.2 Å². The number of aliphatic imine (C=N–C) groups is 1. The maximum atomic E-state index is 12.1. The maximum absolute atomic E-state index is 12.1. The highest BCUT2D eigenvalue weighted by Crippen LogP contribution is 2.23. The fraction of sp³-hybridized carbons (Fsp3) is 0.778. The van der Waals surface area contributed by atoms with E-state index in [4.69, 9.17) is 4.98 Å². The van der Waals surface area contributed by atoms with Crippen LogP contribution in [0, 0.1) is 0 Å². The number of guanidine groups is 1. The summed E-state index contributed by atoms with van der Waals surface area (Å²) in [5, 5.41) is 7.23. The van der Waals surface area contributed by atoms with E-state index in [9.17, 15) is 4.21 Å². The number of hydrogen-bond donors (Lipinski definition) is 2. The molecule has 0 saturated heterocycles. The molecule has 8 heteroatoms. The molecule has 0 aromatic carbocycles. The third-order valence-electron chi connectivity index (χ3n) is 5.24. The summed E-state index contributed by atoms with van der Waals surface area (Å²) in [6.07, 6.45) is 10.1. The molecule has 1 aliphatic carbocycles. The van der Waals surface area contributed by atoms with Crippen molar-refractivity contribution in [2.75, 3.05) is 12.8 Å². The van der Waals surface area contributed by atoms with Gasteiger partial charge in [0.2, 0.25) is 0 Å². The minimum atomic E-state index is -0.694. The number of nitrogens with zero attached hydrogens (tertiary/aromatic N) is 3. The van der Waals surface area contributed by atoms with Crippen LogP contribution in [0.3, 0.4) is 0 Å². The van der Waals surface area contributed by atoms with Gasteiger partial charge in [-0.2, -0.15) is 0 Å². The van der Waals surface area contributed by atoms with Crippen molar-refractivity contribution in [3.05, 3.63) is 17.7 Å². The van der Waals surface area contributed by atoms with Crippen LogP contribution in [0.4, 0.5) is 0 Å². The molecule has 3 atom stereocenters. The van der Waals surface area contributed by atoms with Crippen molar-refractivity contribution >= 4 is 40.7 Å². The standard InChI is InChI=1S/C18H31N5OS.HI/c1-3-25(24)16-8-6-7-14(11-16)22-18(19-2)20-12-15-13-23-10-5-4-9-17(23)21-15;/h13-14,16H,3-12H2,1-2H3,(H2,19,20,22);1H. The van der Waals surface area contributed by atoms with Gasteiger partial charge in [-0.1, -0.05) is 13.3 Å². The van der Waals surface area contributed by atoms with Crippen LogP contribution < -0.4 is 10.6 Å². The van der Waals surface area contributed by atoms with Gasteiger partial charge in [-0.05, 0) is 32.1 Å². The van der Waals surface area contributed by atoms with Gasteiger partial charge in [0.1, 0.15) is 5.82 Å². The number of nitrogens with one attached hydrogen (secondary N) is 2. The maximum Gasteiger partial charge on any atom is 0.191 e. The quantitative estimate of drug-likeness (QED) is 0.376. The number of halogens is 1. The number of rotatable bonds is 5. The molecule has 0 bridgehead atoms. The predicted octanol–water partition coefficient (Wildman–Crippen LogP) is 2.58. The van der Waals surface area contributed by atoms with Crippen molar-refractivity contribution in [2.24, 2.45) is 4.99 Å². The van der Waals surface area contributed by atoms with Gasteiger partial charge in [0.25, 0.3) is 0 Å². The first-order chi connectivity index (χ1) is 12.2. The molecule has 2 aliphatic rings. The molecule has 0 radical (unpaired) electrons. The lowest BCUT2D eigenvalue weighted by Gasteiger charge is -2.30. The van der Waals surface area contributed by atoms with Crippen LogP contribution in [0.1, 0.15) is 57.0 Å². The van der Waals surface area contributed by atoms with Crippen LogP contribution in [-0.4, -0.2) is 43.8 Å². The molecule has 2 heterocycles. The lowest BCUT2D eigenvalue weighted by Crippen LogP contribution is -2.46. The van der Waals surface area contributed by atoms with Crippen molar-refractivity contribution < 1.29 is 4.21 Å². The Morgan fingerprint density at radius 3 is 2.96 bits per heavy atom. The molecule has 1 fully saturated rings. The van der Waals surface area contributed by atoms with Crippen molar-refractivity contribution in [3.63, 3.8) is 0 Å². The van der Waals surface area contributed by atoms with Crippen LogP contribution in [0.15, 0.2) is 11.2 Å². The Hall–Kier alpha value is -0.640. The van der Waals surface area contributed by atoms with Gasteiger partial charge in [0.15, 0.2) is 5.96 Å². The predicted molar refractivity (Wildman–Crippen MR) is 119 cm³/mol. The summed E-state index contributed by atoms with van der Waals surface area (Å²) in [6, 6.07) is 0.357. The van der Waals surface area contributed by atoms with Gasteiger partial charge in [-0.15, -0.1) is 24.0 Å². The van der Waals surface area contributed by atoms with Gasteiger partial charge in [-0.25, -0.2) is 4.98 Å². The highest BCUT2D eigenvalue weighted by molar-refractivity contribution is 14.0. The average Bonchev–Trinajstić information content (AvgIpc) is 3.07. The second-order valence-corrected chi connectivity index (χ2v) is 9.03. The summed E-state index contributed by atoms with van der Waals surface area (Å²) in [4.78, 5) is 9.08. The molecule has 1 aromatic heterocycles. The minimum Gasteiger partial charge on any atom is -0.354 e. The zero-order valence-corrected chi connectivity index (χ0v) is 19.0. The summed E-state index contributed by atoms with van der Waals surface area (Å²) in [5.74, 6) is 2.79. The first kappa shape index (κ1) is 21.7. The number of fused-ring (bicyclic) bond motifs is 1. The minimum absolute atomic E-state index is 0. The SMILES string of the molecule is CCS(=O)C1CCCC(NC(=NC)NCc2cn3c(n2)CCCC3)C1.I. The Morgan fingerprint density at radius 1 is 1.38 bits per heavy atom. The Bertz CT molecular complexity index is 610. The molecule has 3 rings (SSSR count). The van der Waals surface area contributed by atoms with Gasteiger partial charge >= 0.3 is 0 Å². The molecule has 3 unspecified atom stereocenters. The molecular weight excluding hydrogens is 461 g/mol. The highest BCUT2D eigenvalue weighted by atomic mass is 127. The van der Waals surface area contributed by atoms with E-state index in [2.05, 4.69) is 26.4 Å². The average molecular weight is 493 g/mol. The largest absolute Gasteiger partial charge is 0.354 e. The van der Waals surface area contributed by atoms with Crippen molar-refractivity contribution in [1.82, 2.24) is 20.2 Å². The lowest BCUT2D eigenvalue weighted by molar-refractivity contribution is 0.413. The van der Waals surface area contributed by atoms with E-state index >= 15 is 0 Å². The molecular formula is C18H32IN5OS. The first-order valence-corrected chi connectivity index (χ1v) is 11.0. The number of aryl methyl sites for hydroxylation is 2. The highest BCUT2D eigenvalue weighted by Gasteiger charge is 2.26. The third kappa shape index (κ3) is 5.68. The monoisotopic (exact) mass is 493 g/mol. The molecule has 1 saturated carbocycles. The number of hydrogen-bond acceptors (Lipinski definition) is 3. The normalized spacial score (nSPS) is 24.3. The molecule has 26 heavy (non-hydrogen) atoms. The van der Waals surface area contributed by atoms with E-state index in [1.165, 1.54) is 18.7 Å².